The van der Waals surface area contributed by atoms with Gasteiger partial charge in [0.05, 0.1) is 6.42 Å². The smallest absolute Gasteiger partial charge is 0.307 e. The number of carboxylic acid groups (broad SMARTS) is 1. The van der Waals surface area contributed by atoms with Gasteiger partial charge < -0.3 is 9.52 Å². The number of benzene rings is 2. The van der Waals surface area contributed by atoms with Crippen molar-refractivity contribution in [2.45, 2.75) is 13.3 Å². The number of fused-ring (bicyclic) bond motifs is 1. The Bertz CT molecular complexity index is 789. The van der Waals surface area contributed by atoms with Crippen LogP contribution >= 0.6 is 0 Å². The van der Waals surface area contributed by atoms with Gasteiger partial charge in [-0.05, 0) is 36.2 Å². The highest BCUT2D eigenvalue weighted by Crippen LogP contribution is 2.27. The summed E-state index contributed by atoms with van der Waals surface area (Å²) in [6.07, 6.45) is -0.0114. The zero-order valence-electron chi connectivity index (χ0n) is 11.0. The Morgan fingerprint density at radius 1 is 1.25 bits per heavy atom. The lowest BCUT2D eigenvalue weighted by Gasteiger charge is -1.98. The molecule has 1 N–H and O–H groups in total. The molecule has 0 unspecified atom stereocenters. The predicted molar refractivity (Wildman–Crippen MR) is 75.5 cm³/mol. The van der Waals surface area contributed by atoms with Crippen LogP contribution in [0.4, 0.5) is 0 Å². The highest BCUT2D eigenvalue weighted by atomic mass is 16.4. The van der Waals surface area contributed by atoms with Crippen molar-refractivity contribution in [2.75, 3.05) is 0 Å². The molecule has 0 spiro atoms. The molecule has 2 aromatic carbocycles. The molecule has 1 aromatic heterocycles. The van der Waals surface area contributed by atoms with Crippen LogP contribution in [0.25, 0.3) is 22.6 Å². The molecule has 0 radical (unpaired) electrons. The van der Waals surface area contributed by atoms with Crippen molar-refractivity contribution >= 4 is 17.1 Å². The number of nitrogens with zero attached hydrogens (tertiary/aromatic N) is 1. The first-order valence-corrected chi connectivity index (χ1v) is 6.31. The summed E-state index contributed by atoms with van der Waals surface area (Å²) in [5.41, 5.74) is 4.10. The molecular weight excluding hydrogens is 254 g/mol. The molecule has 100 valence electrons. The van der Waals surface area contributed by atoms with E-state index in [9.17, 15) is 4.79 Å². The average Bonchev–Trinajstić information content (AvgIpc) is 2.81. The van der Waals surface area contributed by atoms with E-state index in [1.54, 1.807) is 18.2 Å². The van der Waals surface area contributed by atoms with E-state index < -0.39 is 5.97 Å². The molecule has 3 aromatic rings. The van der Waals surface area contributed by atoms with Crippen LogP contribution in [-0.2, 0) is 11.2 Å². The SMILES string of the molecule is Cc1ccccc1-c1nc2cc(CC(=O)O)ccc2o1. The van der Waals surface area contributed by atoms with Crippen molar-refractivity contribution in [3.63, 3.8) is 0 Å². The molecule has 4 nitrogen and oxygen atoms in total. The minimum Gasteiger partial charge on any atom is -0.481 e. The van der Waals surface area contributed by atoms with Crippen molar-refractivity contribution in [3.8, 4) is 11.5 Å². The van der Waals surface area contributed by atoms with Crippen LogP contribution in [0.3, 0.4) is 0 Å². The first-order chi connectivity index (χ1) is 9.63. The highest BCUT2D eigenvalue weighted by molar-refractivity contribution is 5.79. The Hall–Kier alpha value is -2.62. The molecule has 4 heteroatoms. The van der Waals surface area contributed by atoms with Crippen LogP contribution in [0.2, 0.25) is 0 Å². The van der Waals surface area contributed by atoms with Crippen LogP contribution in [0.1, 0.15) is 11.1 Å². The highest BCUT2D eigenvalue weighted by Gasteiger charge is 2.11. The third kappa shape index (κ3) is 2.28. The lowest BCUT2D eigenvalue weighted by molar-refractivity contribution is -0.136. The van der Waals surface area contributed by atoms with Gasteiger partial charge in [-0.2, -0.15) is 0 Å². The Labute approximate surface area is 115 Å². The van der Waals surface area contributed by atoms with Crippen molar-refractivity contribution in [1.29, 1.82) is 0 Å². The summed E-state index contributed by atoms with van der Waals surface area (Å²) >= 11 is 0. The van der Waals surface area contributed by atoms with E-state index in [1.165, 1.54) is 0 Å². The first-order valence-electron chi connectivity index (χ1n) is 6.31. The minimum absolute atomic E-state index is 0.0114. The van der Waals surface area contributed by atoms with Gasteiger partial charge in [-0.3, -0.25) is 4.79 Å². The number of carboxylic acids is 1. The molecule has 0 amide bonds. The number of aryl methyl sites for hydroxylation is 1. The van der Waals surface area contributed by atoms with E-state index in [4.69, 9.17) is 9.52 Å². The minimum atomic E-state index is -0.855. The van der Waals surface area contributed by atoms with Crippen LogP contribution in [-0.4, -0.2) is 16.1 Å². The summed E-state index contributed by atoms with van der Waals surface area (Å²) in [4.78, 5) is 15.2. The Morgan fingerprint density at radius 2 is 2.05 bits per heavy atom. The number of aliphatic carboxylic acids is 1. The number of carbonyl (C=O) groups is 1. The van der Waals surface area contributed by atoms with Crippen molar-refractivity contribution in [3.05, 3.63) is 53.6 Å². The normalized spacial score (nSPS) is 10.8. The Morgan fingerprint density at radius 3 is 2.80 bits per heavy atom. The first kappa shape index (κ1) is 12.4. The van der Waals surface area contributed by atoms with Crippen LogP contribution in [0.15, 0.2) is 46.9 Å². The van der Waals surface area contributed by atoms with Gasteiger partial charge in [0.15, 0.2) is 5.58 Å². The molecule has 0 fully saturated rings. The molecule has 0 atom stereocenters. The maximum atomic E-state index is 10.7. The summed E-state index contributed by atoms with van der Waals surface area (Å²) in [5.74, 6) is -0.294. The van der Waals surface area contributed by atoms with Crippen LogP contribution < -0.4 is 0 Å². The molecule has 0 aliphatic heterocycles. The largest absolute Gasteiger partial charge is 0.481 e. The van der Waals surface area contributed by atoms with Gasteiger partial charge in [-0.15, -0.1) is 0 Å². The summed E-state index contributed by atoms with van der Waals surface area (Å²) in [6.45, 7) is 2.00. The second-order valence-electron chi connectivity index (χ2n) is 4.71. The van der Waals surface area contributed by atoms with E-state index >= 15 is 0 Å². The van der Waals surface area contributed by atoms with Crippen LogP contribution in [0.5, 0.6) is 0 Å². The van der Waals surface area contributed by atoms with E-state index in [2.05, 4.69) is 4.98 Å². The number of oxazole rings is 1. The molecule has 0 saturated carbocycles. The lowest BCUT2D eigenvalue weighted by atomic mass is 10.1. The fraction of sp³-hybridized carbons (Fsp3) is 0.125. The fourth-order valence-corrected chi connectivity index (χ4v) is 2.19. The van der Waals surface area contributed by atoms with E-state index in [-0.39, 0.29) is 6.42 Å². The molecule has 0 aliphatic carbocycles. The molecular formula is C16H13NO3. The molecule has 0 aliphatic rings. The molecule has 1 heterocycles. The maximum Gasteiger partial charge on any atom is 0.307 e. The van der Waals surface area contributed by atoms with Gasteiger partial charge in [-0.25, -0.2) is 4.98 Å². The van der Waals surface area contributed by atoms with Gasteiger partial charge in [0.2, 0.25) is 5.89 Å². The summed E-state index contributed by atoms with van der Waals surface area (Å²) in [7, 11) is 0. The van der Waals surface area contributed by atoms with Gasteiger partial charge in [0, 0.05) is 5.56 Å². The average molecular weight is 267 g/mol. The standard InChI is InChI=1S/C16H13NO3/c1-10-4-2-3-5-12(10)16-17-13-8-11(9-15(18)19)6-7-14(13)20-16/h2-8H,9H2,1H3,(H,18,19). The predicted octanol–water partition coefficient (Wildman–Crippen LogP) is 3.43. The molecule has 0 bridgehead atoms. The Kier molecular flexibility index (Phi) is 2.99. The van der Waals surface area contributed by atoms with Gasteiger partial charge in [-0.1, -0.05) is 24.3 Å². The number of hydrogen-bond acceptors (Lipinski definition) is 3. The summed E-state index contributed by atoms with van der Waals surface area (Å²) in [5, 5.41) is 8.81. The number of hydrogen-bond donors (Lipinski definition) is 1. The second-order valence-corrected chi connectivity index (χ2v) is 4.71. The zero-order chi connectivity index (χ0) is 14.1. The summed E-state index contributed by atoms with van der Waals surface area (Å²) in [6, 6.07) is 13.1. The van der Waals surface area contributed by atoms with Crippen molar-refractivity contribution in [2.24, 2.45) is 0 Å². The van der Waals surface area contributed by atoms with E-state index in [0.29, 0.717) is 17.0 Å². The third-order valence-electron chi connectivity index (χ3n) is 3.18. The van der Waals surface area contributed by atoms with Gasteiger partial charge >= 0.3 is 5.97 Å². The molecule has 3 rings (SSSR count). The van der Waals surface area contributed by atoms with E-state index in [0.717, 1.165) is 16.7 Å². The Balaban J connectivity index is 2.07. The molecule has 0 saturated heterocycles. The lowest BCUT2D eigenvalue weighted by Crippen LogP contribution is -1.99. The third-order valence-corrected chi connectivity index (χ3v) is 3.18. The van der Waals surface area contributed by atoms with Crippen molar-refractivity contribution < 1.29 is 14.3 Å². The van der Waals surface area contributed by atoms with Gasteiger partial charge in [0.25, 0.3) is 0 Å². The maximum absolute atomic E-state index is 10.7. The summed E-state index contributed by atoms with van der Waals surface area (Å²) < 4.78 is 5.74. The molecule has 20 heavy (non-hydrogen) atoms. The quantitative estimate of drug-likeness (QED) is 0.789. The second kappa shape index (κ2) is 4.81. The van der Waals surface area contributed by atoms with Crippen molar-refractivity contribution in [1.82, 2.24) is 4.98 Å². The number of rotatable bonds is 3. The zero-order valence-corrected chi connectivity index (χ0v) is 11.0. The number of aromatic nitrogens is 1. The van der Waals surface area contributed by atoms with E-state index in [1.807, 2.05) is 31.2 Å². The van der Waals surface area contributed by atoms with Gasteiger partial charge in [0.1, 0.15) is 5.52 Å². The fourth-order valence-electron chi connectivity index (χ4n) is 2.19. The topological polar surface area (TPSA) is 63.3 Å². The monoisotopic (exact) mass is 267 g/mol. The van der Waals surface area contributed by atoms with Crippen LogP contribution in [0, 0.1) is 6.92 Å².